The Kier molecular flexibility index (Phi) is 6.71. The first-order valence-corrected chi connectivity index (χ1v) is 11.1. The Labute approximate surface area is 187 Å². The normalized spacial score (nSPS) is 18.1. The van der Waals surface area contributed by atoms with Crippen LogP contribution >= 0.6 is 23.2 Å². The summed E-state index contributed by atoms with van der Waals surface area (Å²) in [4.78, 5) is 15.1. The molecule has 160 valence electrons. The predicted octanol–water partition coefficient (Wildman–Crippen LogP) is 4.85. The summed E-state index contributed by atoms with van der Waals surface area (Å²) in [5.41, 5.74) is 1.97. The second kappa shape index (κ2) is 9.46. The number of likely N-dealkylation sites (tertiary alicyclic amines) is 1. The number of amides is 1. The molecule has 2 aliphatic rings. The van der Waals surface area contributed by atoms with Gasteiger partial charge in [-0.2, -0.15) is 0 Å². The molecule has 0 aliphatic carbocycles. The highest BCUT2D eigenvalue weighted by Crippen LogP contribution is 2.33. The molecule has 0 spiro atoms. The molecule has 1 saturated heterocycles. The number of ether oxygens (including phenoxy) is 2. The smallest absolute Gasteiger partial charge is 0.223 e. The van der Waals surface area contributed by atoms with Gasteiger partial charge in [-0.15, -0.1) is 0 Å². The standard InChI is InChI=1S/C23H26Cl2N2O3/c1-15(17-5-6-21-22(13-17)30-12-11-29-21)26-23(28)16-7-9-27(10-8-16)14-18-19(24)3-2-4-20(18)25/h2-6,13,15-16H,7-12,14H2,1H3,(H,26,28). The maximum atomic E-state index is 12.8. The fourth-order valence-corrected chi connectivity index (χ4v) is 4.52. The summed E-state index contributed by atoms with van der Waals surface area (Å²) in [5, 5.41) is 4.54. The van der Waals surface area contributed by atoms with E-state index in [1.165, 1.54) is 0 Å². The summed E-state index contributed by atoms with van der Waals surface area (Å²) in [7, 11) is 0. The molecule has 2 aromatic rings. The molecule has 1 N–H and O–H groups in total. The first-order valence-electron chi connectivity index (χ1n) is 10.4. The fraction of sp³-hybridized carbons (Fsp3) is 0.435. The minimum atomic E-state index is -0.0895. The lowest BCUT2D eigenvalue weighted by molar-refractivity contribution is -0.127. The van der Waals surface area contributed by atoms with Gasteiger partial charge in [0.1, 0.15) is 13.2 Å². The van der Waals surface area contributed by atoms with E-state index in [-0.39, 0.29) is 17.9 Å². The number of hydrogen-bond acceptors (Lipinski definition) is 4. The monoisotopic (exact) mass is 448 g/mol. The molecule has 4 rings (SSSR count). The van der Waals surface area contributed by atoms with Crippen molar-refractivity contribution in [1.29, 1.82) is 0 Å². The number of halogens is 2. The van der Waals surface area contributed by atoms with Crippen LogP contribution in [-0.4, -0.2) is 37.1 Å². The number of rotatable bonds is 5. The van der Waals surface area contributed by atoms with E-state index >= 15 is 0 Å². The average Bonchev–Trinajstić information content (AvgIpc) is 2.76. The molecule has 0 bridgehead atoms. The van der Waals surface area contributed by atoms with Crippen LogP contribution in [0.25, 0.3) is 0 Å². The van der Waals surface area contributed by atoms with Crippen molar-refractivity contribution in [3.63, 3.8) is 0 Å². The van der Waals surface area contributed by atoms with Gasteiger partial charge < -0.3 is 14.8 Å². The summed E-state index contributed by atoms with van der Waals surface area (Å²) < 4.78 is 11.2. The maximum absolute atomic E-state index is 12.8. The predicted molar refractivity (Wildman–Crippen MR) is 118 cm³/mol. The van der Waals surface area contributed by atoms with Crippen molar-refractivity contribution in [2.24, 2.45) is 5.92 Å². The van der Waals surface area contributed by atoms with Crippen molar-refractivity contribution < 1.29 is 14.3 Å². The zero-order chi connectivity index (χ0) is 21.1. The summed E-state index contributed by atoms with van der Waals surface area (Å²) in [6, 6.07) is 11.3. The largest absolute Gasteiger partial charge is 0.486 e. The van der Waals surface area contributed by atoms with Crippen LogP contribution in [0, 0.1) is 5.92 Å². The van der Waals surface area contributed by atoms with Crippen molar-refractivity contribution in [2.75, 3.05) is 26.3 Å². The minimum absolute atomic E-state index is 0.0163. The van der Waals surface area contributed by atoms with Crippen LogP contribution in [0.3, 0.4) is 0 Å². The van der Waals surface area contributed by atoms with Gasteiger partial charge in [0.05, 0.1) is 6.04 Å². The Morgan fingerprint density at radius 2 is 1.77 bits per heavy atom. The molecule has 1 fully saturated rings. The van der Waals surface area contributed by atoms with Gasteiger partial charge in [-0.25, -0.2) is 0 Å². The van der Waals surface area contributed by atoms with E-state index in [1.807, 2.05) is 43.3 Å². The summed E-state index contributed by atoms with van der Waals surface area (Å²) in [6.07, 6.45) is 1.64. The number of benzene rings is 2. The highest BCUT2D eigenvalue weighted by atomic mass is 35.5. The lowest BCUT2D eigenvalue weighted by atomic mass is 9.94. The second-order valence-electron chi connectivity index (χ2n) is 7.88. The highest BCUT2D eigenvalue weighted by molar-refractivity contribution is 6.35. The molecule has 1 atom stereocenters. The van der Waals surface area contributed by atoms with E-state index < -0.39 is 0 Å². The third-order valence-electron chi connectivity index (χ3n) is 5.83. The first-order chi connectivity index (χ1) is 14.5. The zero-order valence-electron chi connectivity index (χ0n) is 17.0. The number of hydrogen-bond donors (Lipinski definition) is 1. The van der Waals surface area contributed by atoms with Crippen LogP contribution in [-0.2, 0) is 11.3 Å². The van der Waals surface area contributed by atoms with Crippen molar-refractivity contribution >= 4 is 29.1 Å². The second-order valence-corrected chi connectivity index (χ2v) is 8.70. The van der Waals surface area contributed by atoms with E-state index in [1.54, 1.807) is 0 Å². The summed E-state index contributed by atoms with van der Waals surface area (Å²) in [5.74, 6) is 1.62. The van der Waals surface area contributed by atoms with E-state index in [0.29, 0.717) is 29.8 Å². The Balaban J connectivity index is 1.30. The van der Waals surface area contributed by atoms with E-state index in [0.717, 1.165) is 48.6 Å². The molecule has 7 heteroatoms. The van der Waals surface area contributed by atoms with Gasteiger partial charge in [0.2, 0.25) is 5.91 Å². The Hall–Kier alpha value is -1.95. The molecule has 5 nitrogen and oxygen atoms in total. The molecule has 1 unspecified atom stereocenters. The third-order valence-corrected chi connectivity index (χ3v) is 6.53. The zero-order valence-corrected chi connectivity index (χ0v) is 18.5. The topological polar surface area (TPSA) is 50.8 Å². The number of fused-ring (bicyclic) bond motifs is 1. The van der Waals surface area contributed by atoms with Gasteiger partial charge in [0.15, 0.2) is 11.5 Å². The molecule has 1 amide bonds. The average molecular weight is 449 g/mol. The van der Waals surface area contributed by atoms with Gasteiger partial charge in [0.25, 0.3) is 0 Å². The van der Waals surface area contributed by atoms with Gasteiger partial charge in [-0.1, -0.05) is 35.3 Å². The quantitative estimate of drug-likeness (QED) is 0.709. The Morgan fingerprint density at radius 3 is 2.47 bits per heavy atom. The molecule has 0 radical (unpaired) electrons. The van der Waals surface area contributed by atoms with Crippen LogP contribution < -0.4 is 14.8 Å². The van der Waals surface area contributed by atoms with E-state index in [4.69, 9.17) is 32.7 Å². The van der Waals surface area contributed by atoms with Crippen LogP contribution in [0.5, 0.6) is 11.5 Å². The maximum Gasteiger partial charge on any atom is 0.223 e. The molecule has 30 heavy (non-hydrogen) atoms. The van der Waals surface area contributed by atoms with Crippen LogP contribution in [0.2, 0.25) is 10.0 Å². The molecule has 0 aromatic heterocycles. The Morgan fingerprint density at radius 1 is 1.10 bits per heavy atom. The van der Waals surface area contributed by atoms with Crippen LogP contribution in [0.15, 0.2) is 36.4 Å². The number of nitrogens with zero attached hydrogens (tertiary/aromatic N) is 1. The first kappa shape index (κ1) is 21.3. The van der Waals surface area contributed by atoms with Crippen LogP contribution in [0.4, 0.5) is 0 Å². The minimum Gasteiger partial charge on any atom is -0.486 e. The molecule has 0 saturated carbocycles. The van der Waals surface area contributed by atoms with Crippen molar-refractivity contribution in [2.45, 2.75) is 32.4 Å². The van der Waals surface area contributed by atoms with Crippen molar-refractivity contribution in [1.82, 2.24) is 10.2 Å². The molecular formula is C23H26Cl2N2O3. The van der Waals surface area contributed by atoms with Crippen molar-refractivity contribution in [3.8, 4) is 11.5 Å². The van der Waals surface area contributed by atoms with Crippen molar-refractivity contribution in [3.05, 3.63) is 57.6 Å². The van der Waals surface area contributed by atoms with Crippen LogP contribution in [0.1, 0.15) is 36.9 Å². The van der Waals surface area contributed by atoms with Gasteiger partial charge >= 0.3 is 0 Å². The summed E-state index contributed by atoms with van der Waals surface area (Å²) in [6.45, 7) is 5.52. The van der Waals surface area contributed by atoms with E-state index in [2.05, 4.69) is 10.2 Å². The van der Waals surface area contributed by atoms with Gasteiger partial charge in [0, 0.05) is 28.1 Å². The van der Waals surface area contributed by atoms with Gasteiger partial charge in [-0.3, -0.25) is 9.69 Å². The van der Waals surface area contributed by atoms with E-state index in [9.17, 15) is 4.79 Å². The number of carbonyl (C=O) groups excluding carboxylic acids is 1. The number of carbonyl (C=O) groups is 1. The molecule has 2 aliphatic heterocycles. The molecule has 2 heterocycles. The van der Waals surface area contributed by atoms with Gasteiger partial charge in [-0.05, 0) is 62.7 Å². The molecule has 2 aromatic carbocycles. The number of nitrogens with one attached hydrogen (secondary N) is 1. The lowest BCUT2D eigenvalue weighted by Crippen LogP contribution is -2.41. The lowest BCUT2D eigenvalue weighted by Gasteiger charge is -2.32. The molecular weight excluding hydrogens is 423 g/mol. The highest BCUT2D eigenvalue weighted by Gasteiger charge is 2.27. The SMILES string of the molecule is CC(NC(=O)C1CCN(Cc2c(Cl)cccc2Cl)CC1)c1ccc2c(c1)OCCO2. The summed E-state index contributed by atoms with van der Waals surface area (Å²) >= 11 is 12.6. The number of piperidine rings is 1. The Bertz CT molecular complexity index is 893. The fourth-order valence-electron chi connectivity index (χ4n) is 4.00. The third kappa shape index (κ3) is 4.85.